The van der Waals surface area contributed by atoms with E-state index < -0.39 is 9.84 Å². The third-order valence-corrected chi connectivity index (χ3v) is 5.46. The molecule has 1 fully saturated rings. The van der Waals surface area contributed by atoms with E-state index in [-0.39, 0.29) is 12.4 Å². The van der Waals surface area contributed by atoms with Crippen LogP contribution >= 0.6 is 0 Å². The summed E-state index contributed by atoms with van der Waals surface area (Å²) >= 11 is 0. The highest BCUT2D eigenvalue weighted by Gasteiger charge is 2.28. The molecule has 0 amide bonds. The second-order valence-corrected chi connectivity index (χ2v) is 9.03. The van der Waals surface area contributed by atoms with Crippen molar-refractivity contribution in [2.24, 2.45) is 10.9 Å². The fraction of sp³-hybridized carbons (Fsp3) is 0.765. The van der Waals surface area contributed by atoms with E-state index in [9.17, 15) is 8.42 Å². The molecule has 1 saturated heterocycles. The van der Waals surface area contributed by atoms with E-state index in [0.29, 0.717) is 25.1 Å². The fourth-order valence-electron chi connectivity index (χ4n) is 3.05. The number of nitrogens with zero attached hydrogens (tertiary/aromatic N) is 4. The van der Waals surface area contributed by atoms with Crippen LogP contribution in [0.2, 0.25) is 0 Å². The van der Waals surface area contributed by atoms with Crippen molar-refractivity contribution in [2.75, 3.05) is 51.4 Å². The van der Waals surface area contributed by atoms with E-state index in [2.05, 4.69) is 38.6 Å². The molecule has 2 heterocycles. The maximum Gasteiger partial charge on any atom is 0.194 e. The lowest BCUT2D eigenvalue weighted by molar-refractivity contribution is 0.156. The molecule has 0 saturated carbocycles. The van der Waals surface area contributed by atoms with Gasteiger partial charge in [0.25, 0.3) is 0 Å². The van der Waals surface area contributed by atoms with Gasteiger partial charge < -0.3 is 19.5 Å². The molecule has 2 atom stereocenters. The molecular weight excluding hydrogens is 354 g/mol. The molecule has 9 heteroatoms. The summed E-state index contributed by atoms with van der Waals surface area (Å²) < 4.78 is 29.7. The zero-order chi connectivity index (χ0) is 19.0. The standard InChI is InChI=1S/C17H31N5O3S/c1-4-19-17(20-7-10-25-11-12-26(3,23)24)21-8-5-15(2)16(13-21)22-9-6-18-14-22/h6,9,14-16H,4-5,7-8,10-13H2,1-3H3,(H,19,20). The number of ether oxygens (including phenoxy) is 1. The van der Waals surface area contributed by atoms with Crippen LogP contribution in [0.1, 0.15) is 26.3 Å². The minimum atomic E-state index is -2.98. The van der Waals surface area contributed by atoms with E-state index in [1.54, 1.807) is 0 Å². The fourth-order valence-corrected chi connectivity index (χ4v) is 3.47. The van der Waals surface area contributed by atoms with Crippen LogP contribution in [0, 0.1) is 5.92 Å². The Bertz CT molecular complexity index is 660. The zero-order valence-corrected chi connectivity index (χ0v) is 16.8. The first-order valence-corrected chi connectivity index (χ1v) is 11.2. The Labute approximate surface area is 156 Å². The molecule has 1 aromatic rings. The Balaban J connectivity index is 1.89. The first kappa shape index (κ1) is 20.7. The highest BCUT2D eigenvalue weighted by atomic mass is 32.2. The van der Waals surface area contributed by atoms with Crippen LogP contribution in [-0.4, -0.2) is 80.2 Å². The molecule has 0 aromatic carbocycles. The predicted molar refractivity (Wildman–Crippen MR) is 103 cm³/mol. The quantitative estimate of drug-likeness (QED) is 0.404. The molecule has 1 N–H and O–H groups in total. The largest absolute Gasteiger partial charge is 0.378 e. The van der Waals surface area contributed by atoms with Crippen molar-refractivity contribution in [1.82, 2.24) is 19.8 Å². The van der Waals surface area contributed by atoms with E-state index in [4.69, 9.17) is 4.74 Å². The highest BCUT2D eigenvalue weighted by Crippen LogP contribution is 2.27. The molecule has 0 aliphatic carbocycles. The Kier molecular flexibility index (Phi) is 7.89. The van der Waals surface area contributed by atoms with Gasteiger partial charge in [-0.2, -0.15) is 0 Å². The summed E-state index contributed by atoms with van der Waals surface area (Å²) in [6, 6.07) is 0.376. The summed E-state index contributed by atoms with van der Waals surface area (Å²) in [4.78, 5) is 11.1. The zero-order valence-electron chi connectivity index (χ0n) is 16.0. The average molecular weight is 386 g/mol. The monoisotopic (exact) mass is 385 g/mol. The number of hydrogen-bond donors (Lipinski definition) is 1. The number of imidazole rings is 1. The molecule has 148 valence electrons. The lowest BCUT2D eigenvalue weighted by Crippen LogP contribution is -2.49. The minimum Gasteiger partial charge on any atom is -0.378 e. The van der Waals surface area contributed by atoms with Crippen molar-refractivity contribution in [3.05, 3.63) is 18.7 Å². The maximum absolute atomic E-state index is 11.1. The van der Waals surface area contributed by atoms with Gasteiger partial charge in [-0.1, -0.05) is 6.92 Å². The van der Waals surface area contributed by atoms with E-state index in [1.165, 1.54) is 6.26 Å². The number of sulfone groups is 1. The summed E-state index contributed by atoms with van der Waals surface area (Å²) in [7, 11) is -2.98. The van der Waals surface area contributed by atoms with E-state index in [0.717, 1.165) is 32.0 Å². The number of likely N-dealkylation sites (tertiary alicyclic amines) is 1. The number of guanidine groups is 1. The van der Waals surface area contributed by atoms with Crippen LogP contribution in [0.4, 0.5) is 0 Å². The molecule has 0 spiro atoms. The number of aliphatic imine (C=N–C) groups is 1. The number of nitrogens with one attached hydrogen (secondary N) is 1. The molecule has 2 unspecified atom stereocenters. The van der Waals surface area contributed by atoms with Gasteiger partial charge in [0.1, 0.15) is 9.84 Å². The highest BCUT2D eigenvalue weighted by molar-refractivity contribution is 7.90. The predicted octanol–water partition coefficient (Wildman–Crippen LogP) is 0.793. The van der Waals surface area contributed by atoms with Crippen molar-refractivity contribution in [3.8, 4) is 0 Å². The van der Waals surface area contributed by atoms with Crippen LogP contribution in [0.5, 0.6) is 0 Å². The summed E-state index contributed by atoms with van der Waals surface area (Å²) in [5.74, 6) is 1.52. The molecule has 2 rings (SSSR count). The van der Waals surface area contributed by atoms with Crippen molar-refractivity contribution in [1.29, 1.82) is 0 Å². The lowest BCUT2D eigenvalue weighted by Gasteiger charge is -2.39. The second-order valence-electron chi connectivity index (χ2n) is 6.77. The van der Waals surface area contributed by atoms with Crippen molar-refractivity contribution in [3.63, 3.8) is 0 Å². The van der Waals surface area contributed by atoms with E-state index in [1.807, 2.05) is 18.7 Å². The first-order valence-electron chi connectivity index (χ1n) is 9.17. The SMILES string of the molecule is CCNC(=NCCOCCS(C)(=O)=O)N1CCC(C)C(n2ccnc2)C1. The van der Waals surface area contributed by atoms with Gasteiger partial charge in [0.2, 0.25) is 0 Å². The summed E-state index contributed by atoms with van der Waals surface area (Å²) in [5.41, 5.74) is 0. The van der Waals surface area contributed by atoms with Crippen molar-refractivity contribution < 1.29 is 13.2 Å². The Hall–Kier alpha value is -1.61. The number of aromatic nitrogens is 2. The molecular formula is C17H31N5O3S. The van der Waals surface area contributed by atoms with Crippen LogP contribution in [0.15, 0.2) is 23.7 Å². The van der Waals surface area contributed by atoms with Gasteiger partial charge in [-0.25, -0.2) is 13.4 Å². The molecule has 26 heavy (non-hydrogen) atoms. The summed E-state index contributed by atoms with van der Waals surface area (Å²) in [6.45, 7) is 8.13. The molecule has 0 bridgehead atoms. The van der Waals surface area contributed by atoms with Crippen LogP contribution in [-0.2, 0) is 14.6 Å². The Morgan fingerprint density at radius 3 is 2.88 bits per heavy atom. The summed E-state index contributed by atoms with van der Waals surface area (Å²) in [6.07, 6.45) is 8.03. The van der Waals surface area contributed by atoms with Crippen LogP contribution < -0.4 is 5.32 Å². The average Bonchev–Trinajstić information content (AvgIpc) is 3.11. The van der Waals surface area contributed by atoms with Crippen molar-refractivity contribution >= 4 is 15.8 Å². The smallest absolute Gasteiger partial charge is 0.194 e. The van der Waals surface area contributed by atoms with Gasteiger partial charge >= 0.3 is 0 Å². The number of rotatable bonds is 8. The van der Waals surface area contributed by atoms with Gasteiger partial charge in [-0.3, -0.25) is 4.99 Å². The van der Waals surface area contributed by atoms with Gasteiger partial charge in [0, 0.05) is 38.3 Å². The topological polar surface area (TPSA) is 88.8 Å². The maximum atomic E-state index is 11.1. The normalized spacial score (nSPS) is 21.8. The Morgan fingerprint density at radius 2 is 2.23 bits per heavy atom. The number of piperidine rings is 1. The summed E-state index contributed by atoms with van der Waals surface area (Å²) in [5, 5.41) is 3.35. The molecule has 8 nitrogen and oxygen atoms in total. The second kappa shape index (κ2) is 9.91. The van der Waals surface area contributed by atoms with E-state index >= 15 is 0 Å². The Morgan fingerprint density at radius 1 is 1.42 bits per heavy atom. The van der Waals surface area contributed by atoms with Gasteiger partial charge in [-0.15, -0.1) is 0 Å². The van der Waals surface area contributed by atoms with Gasteiger partial charge in [-0.05, 0) is 19.3 Å². The third-order valence-electron chi connectivity index (χ3n) is 4.56. The van der Waals surface area contributed by atoms with Gasteiger partial charge in [0.15, 0.2) is 5.96 Å². The molecule has 0 radical (unpaired) electrons. The van der Waals surface area contributed by atoms with Gasteiger partial charge in [0.05, 0.1) is 37.9 Å². The molecule has 1 aromatic heterocycles. The first-order chi connectivity index (χ1) is 12.4. The lowest BCUT2D eigenvalue weighted by atomic mass is 9.93. The molecule has 1 aliphatic rings. The van der Waals surface area contributed by atoms with Crippen LogP contribution in [0.25, 0.3) is 0 Å². The number of hydrogen-bond acceptors (Lipinski definition) is 5. The van der Waals surface area contributed by atoms with Crippen LogP contribution in [0.3, 0.4) is 0 Å². The van der Waals surface area contributed by atoms with Crippen molar-refractivity contribution in [2.45, 2.75) is 26.3 Å². The molecule has 1 aliphatic heterocycles. The third kappa shape index (κ3) is 6.60. The minimum absolute atomic E-state index is 0.0490.